The number of halogens is 1. The quantitative estimate of drug-likeness (QED) is 0.668. The van der Waals surface area contributed by atoms with E-state index in [1.807, 2.05) is 36.4 Å². The van der Waals surface area contributed by atoms with Crippen molar-refractivity contribution >= 4 is 39.4 Å². The highest BCUT2D eigenvalue weighted by atomic mass is 79.9. The second-order valence-electron chi connectivity index (χ2n) is 3.89. The molecule has 0 atom stereocenters. The maximum absolute atomic E-state index is 11.8. The summed E-state index contributed by atoms with van der Waals surface area (Å²) in [6, 6.07) is 11.4. The Morgan fingerprint density at radius 3 is 2.63 bits per heavy atom. The third kappa shape index (κ3) is 4.01. The van der Waals surface area contributed by atoms with Crippen LogP contribution in [0.4, 0.5) is 0 Å². The van der Waals surface area contributed by atoms with E-state index in [1.54, 1.807) is 17.6 Å². The van der Waals surface area contributed by atoms with Gasteiger partial charge in [-0.05, 0) is 52.2 Å². The topological polar surface area (TPSA) is 41.5 Å². The molecule has 0 unspecified atom stereocenters. The number of rotatable bonds is 4. The van der Waals surface area contributed by atoms with Crippen LogP contribution in [0.5, 0.6) is 0 Å². The first-order chi connectivity index (χ1) is 9.19. The van der Waals surface area contributed by atoms with Gasteiger partial charge >= 0.3 is 0 Å². The van der Waals surface area contributed by atoms with Crippen molar-refractivity contribution in [3.8, 4) is 0 Å². The van der Waals surface area contributed by atoms with Crippen molar-refractivity contribution in [1.29, 1.82) is 0 Å². The van der Waals surface area contributed by atoms with Crippen LogP contribution in [0.15, 0.2) is 45.3 Å². The first-order valence-corrected chi connectivity index (χ1v) is 7.47. The minimum Gasteiger partial charge on any atom is -0.267 e. The van der Waals surface area contributed by atoms with E-state index in [0.29, 0.717) is 5.56 Å². The lowest BCUT2D eigenvalue weighted by Crippen LogP contribution is -2.17. The smallest absolute Gasteiger partial charge is 0.267 e. The number of thiophene rings is 1. The molecule has 0 aliphatic heterocycles. The lowest BCUT2D eigenvalue weighted by Gasteiger charge is -2.00. The van der Waals surface area contributed by atoms with Gasteiger partial charge in [0.15, 0.2) is 0 Å². The van der Waals surface area contributed by atoms with Gasteiger partial charge in [0, 0.05) is 10.4 Å². The number of carbonyl (C=O) groups excluding carboxylic acids is 1. The van der Waals surface area contributed by atoms with E-state index in [2.05, 4.69) is 33.4 Å². The van der Waals surface area contributed by atoms with Crippen molar-refractivity contribution in [2.75, 3.05) is 0 Å². The molecule has 0 bridgehead atoms. The molecular weight excluding hydrogens is 324 g/mol. The Morgan fingerprint density at radius 2 is 2.05 bits per heavy atom. The molecule has 98 valence electrons. The van der Waals surface area contributed by atoms with Crippen molar-refractivity contribution in [2.24, 2.45) is 5.10 Å². The van der Waals surface area contributed by atoms with Crippen LogP contribution in [0, 0.1) is 0 Å². The Kier molecular flexibility index (Phi) is 4.87. The van der Waals surface area contributed by atoms with Gasteiger partial charge in [-0.3, -0.25) is 4.79 Å². The summed E-state index contributed by atoms with van der Waals surface area (Å²) < 4.78 is 1.04. The fourth-order valence-corrected chi connectivity index (χ4v) is 2.80. The number of nitrogens with one attached hydrogen (secondary N) is 1. The normalized spacial score (nSPS) is 10.8. The monoisotopic (exact) mass is 336 g/mol. The highest BCUT2D eigenvalue weighted by Gasteiger charge is 2.03. The summed E-state index contributed by atoms with van der Waals surface area (Å²) >= 11 is 4.93. The molecule has 1 amide bonds. The molecule has 0 fully saturated rings. The summed E-state index contributed by atoms with van der Waals surface area (Å²) in [4.78, 5) is 12.8. The van der Waals surface area contributed by atoms with Crippen LogP contribution in [0.2, 0.25) is 0 Å². The van der Waals surface area contributed by atoms with Gasteiger partial charge in [-0.25, -0.2) is 5.43 Å². The van der Waals surface area contributed by atoms with Gasteiger partial charge in [0.25, 0.3) is 5.91 Å². The molecule has 19 heavy (non-hydrogen) atoms. The SMILES string of the molecule is CCc1ccc(C(=O)N/N=C\c2ccc(Br)s2)cc1. The molecule has 5 heteroatoms. The molecule has 0 spiro atoms. The molecule has 0 saturated heterocycles. The van der Waals surface area contributed by atoms with E-state index >= 15 is 0 Å². The maximum atomic E-state index is 11.8. The van der Waals surface area contributed by atoms with Crippen LogP contribution in [-0.4, -0.2) is 12.1 Å². The Labute approximate surface area is 124 Å². The van der Waals surface area contributed by atoms with Crippen molar-refractivity contribution in [1.82, 2.24) is 5.43 Å². The molecule has 2 aromatic rings. The molecule has 2 rings (SSSR count). The second kappa shape index (κ2) is 6.63. The van der Waals surface area contributed by atoms with Crippen molar-refractivity contribution in [2.45, 2.75) is 13.3 Å². The Hall–Kier alpha value is -1.46. The summed E-state index contributed by atoms with van der Waals surface area (Å²) in [7, 11) is 0. The van der Waals surface area contributed by atoms with Gasteiger partial charge < -0.3 is 0 Å². The third-order valence-corrected chi connectivity index (χ3v) is 4.13. The zero-order valence-corrected chi connectivity index (χ0v) is 12.8. The van der Waals surface area contributed by atoms with Gasteiger partial charge in [0.2, 0.25) is 0 Å². The van der Waals surface area contributed by atoms with Gasteiger partial charge in [-0.2, -0.15) is 5.10 Å². The molecule has 0 radical (unpaired) electrons. The summed E-state index contributed by atoms with van der Waals surface area (Å²) in [6.45, 7) is 2.08. The minimum atomic E-state index is -0.200. The number of hydrogen-bond donors (Lipinski definition) is 1. The molecule has 1 aromatic carbocycles. The fourth-order valence-electron chi connectivity index (χ4n) is 1.51. The Bertz CT molecular complexity index is 590. The van der Waals surface area contributed by atoms with Crippen molar-refractivity contribution in [3.05, 3.63) is 56.2 Å². The second-order valence-corrected chi connectivity index (χ2v) is 6.39. The molecule has 1 heterocycles. The average molecular weight is 337 g/mol. The zero-order chi connectivity index (χ0) is 13.7. The van der Waals surface area contributed by atoms with Crippen LogP contribution in [0.25, 0.3) is 0 Å². The van der Waals surface area contributed by atoms with Crippen molar-refractivity contribution in [3.63, 3.8) is 0 Å². The van der Waals surface area contributed by atoms with Crippen LogP contribution < -0.4 is 5.43 Å². The van der Waals surface area contributed by atoms with Crippen molar-refractivity contribution < 1.29 is 4.79 Å². The summed E-state index contributed by atoms with van der Waals surface area (Å²) in [5.41, 5.74) is 4.34. The highest BCUT2D eigenvalue weighted by Crippen LogP contribution is 2.20. The molecule has 0 saturated carbocycles. The number of benzene rings is 1. The van der Waals surface area contributed by atoms with Gasteiger partial charge in [0.05, 0.1) is 10.0 Å². The van der Waals surface area contributed by atoms with E-state index in [-0.39, 0.29) is 5.91 Å². The summed E-state index contributed by atoms with van der Waals surface area (Å²) in [6.07, 6.45) is 2.60. The van der Waals surface area contributed by atoms with Gasteiger partial charge in [-0.1, -0.05) is 19.1 Å². The summed E-state index contributed by atoms with van der Waals surface area (Å²) in [5, 5.41) is 3.94. The molecule has 1 N–H and O–H groups in total. The number of hydrogen-bond acceptors (Lipinski definition) is 3. The number of hydrazone groups is 1. The van der Waals surface area contributed by atoms with Crippen LogP contribution in [0.1, 0.15) is 27.7 Å². The lowest BCUT2D eigenvalue weighted by atomic mass is 10.1. The van der Waals surface area contributed by atoms with Crippen LogP contribution in [0.3, 0.4) is 0 Å². The molecule has 1 aromatic heterocycles. The van der Waals surface area contributed by atoms with E-state index < -0.39 is 0 Å². The maximum Gasteiger partial charge on any atom is 0.271 e. The predicted octanol–water partition coefficient (Wildman–Crippen LogP) is 3.84. The van der Waals surface area contributed by atoms with Gasteiger partial charge in [-0.15, -0.1) is 11.3 Å². The van der Waals surface area contributed by atoms with Gasteiger partial charge in [0.1, 0.15) is 0 Å². The standard InChI is InChI=1S/C14H13BrN2OS/c1-2-10-3-5-11(6-4-10)14(18)17-16-9-12-7-8-13(15)19-12/h3-9H,2H2,1H3,(H,17,18)/b16-9-. The first kappa shape index (κ1) is 14.0. The number of carbonyl (C=O) groups is 1. The third-order valence-electron chi connectivity index (χ3n) is 2.58. The predicted molar refractivity (Wildman–Crippen MR) is 82.9 cm³/mol. The van der Waals surface area contributed by atoms with E-state index in [0.717, 1.165) is 15.1 Å². The molecule has 3 nitrogen and oxygen atoms in total. The summed E-state index contributed by atoms with van der Waals surface area (Å²) in [5.74, 6) is -0.200. The largest absolute Gasteiger partial charge is 0.271 e. The first-order valence-electron chi connectivity index (χ1n) is 5.86. The van der Waals surface area contributed by atoms with E-state index in [9.17, 15) is 4.79 Å². The molecular formula is C14H13BrN2OS. The van der Waals surface area contributed by atoms with E-state index in [4.69, 9.17) is 0 Å². The average Bonchev–Trinajstić information content (AvgIpc) is 2.84. The van der Waals surface area contributed by atoms with E-state index in [1.165, 1.54) is 5.56 Å². The minimum absolute atomic E-state index is 0.200. The fraction of sp³-hybridized carbons (Fsp3) is 0.143. The highest BCUT2D eigenvalue weighted by molar-refractivity contribution is 9.11. The molecule has 0 aliphatic rings. The number of amides is 1. The Balaban J connectivity index is 1.95. The van der Waals surface area contributed by atoms with Crippen LogP contribution in [-0.2, 0) is 6.42 Å². The lowest BCUT2D eigenvalue weighted by molar-refractivity contribution is 0.0955. The molecule has 0 aliphatic carbocycles. The number of nitrogens with zero attached hydrogens (tertiary/aromatic N) is 1. The Morgan fingerprint density at radius 1 is 1.32 bits per heavy atom. The zero-order valence-electron chi connectivity index (χ0n) is 10.4. The van der Waals surface area contributed by atoms with Crippen LogP contribution >= 0.6 is 27.3 Å². The number of aryl methyl sites for hydroxylation is 1.